The number of nitrogens with zero attached hydrogens (tertiary/aromatic N) is 2. The Bertz CT molecular complexity index is 428. The average Bonchev–Trinajstić information content (AvgIpc) is 2.49. The van der Waals surface area contributed by atoms with Crippen molar-refractivity contribution < 1.29 is 9.13 Å². The molecule has 118 valence electrons. The zero-order valence-corrected chi connectivity index (χ0v) is 13.0. The van der Waals surface area contributed by atoms with Crippen molar-refractivity contribution in [2.75, 3.05) is 32.8 Å². The average molecular weight is 295 g/mol. The lowest BCUT2D eigenvalue weighted by molar-refractivity contribution is -0.0471. The minimum absolute atomic E-state index is 0.00666. The summed E-state index contributed by atoms with van der Waals surface area (Å²) in [5.74, 6) is -0.294. The first kappa shape index (κ1) is 16.3. The van der Waals surface area contributed by atoms with Crippen LogP contribution in [0, 0.1) is 5.82 Å². The predicted molar refractivity (Wildman–Crippen MR) is 81.7 cm³/mol. The minimum Gasteiger partial charge on any atom is -0.374 e. The summed E-state index contributed by atoms with van der Waals surface area (Å²) in [6, 6.07) is 1.55. The third-order valence-corrected chi connectivity index (χ3v) is 3.79. The van der Waals surface area contributed by atoms with E-state index in [4.69, 9.17) is 4.74 Å². The molecule has 0 saturated carbocycles. The molecule has 1 N–H and O–H groups in total. The van der Waals surface area contributed by atoms with Gasteiger partial charge in [0.25, 0.3) is 0 Å². The summed E-state index contributed by atoms with van der Waals surface area (Å²) < 4.78 is 19.4. The lowest BCUT2D eigenvalue weighted by Gasteiger charge is -2.37. The highest BCUT2D eigenvalue weighted by Gasteiger charge is 2.29. The Hall–Kier alpha value is -1.04. The lowest BCUT2D eigenvalue weighted by Crippen LogP contribution is -2.48. The topological polar surface area (TPSA) is 37.4 Å². The SMILES string of the molecule is CCCNC(c1cncc(F)c1)C1CN(CCC)CCO1. The summed E-state index contributed by atoms with van der Waals surface area (Å²) >= 11 is 0. The zero-order valence-electron chi connectivity index (χ0n) is 13.0. The van der Waals surface area contributed by atoms with Crippen LogP contribution in [-0.2, 0) is 4.74 Å². The van der Waals surface area contributed by atoms with Crippen LogP contribution in [-0.4, -0.2) is 48.8 Å². The van der Waals surface area contributed by atoms with E-state index in [-0.39, 0.29) is 18.0 Å². The first-order valence-electron chi connectivity index (χ1n) is 7.92. The smallest absolute Gasteiger partial charge is 0.141 e. The Balaban J connectivity index is 2.11. The van der Waals surface area contributed by atoms with Gasteiger partial charge in [0.15, 0.2) is 0 Å². The minimum atomic E-state index is -0.294. The normalized spacial score (nSPS) is 21.4. The quantitative estimate of drug-likeness (QED) is 0.838. The zero-order chi connectivity index (χ0) is 15.1. The Labute approximate surface area is 126 Å². The Morgan fingerprint density at radius 3 is 3.00 bits per heavy atom. The van der Waals surface area contributed by atoms with Crippen molar-refractivity contribution in [2.45, 2.75) is 38.8 Å². The molecule has 5 heteroatoms. The van der Waals surface area contributed by atoms with Crippen LogP contribution in [0.5, 0.6) is 0 Å². The summed E-state index contributed by atoms with van der Waals surface area (Å²) in [4.78, 5) is 6.40. The molecule has 0 spiro atoms. The van der Waals surface area contributed by atoms with Gasteiger partial charge in [-0.3, -0.25) is 9.88 Å². The molecule has 1 aliphatic heterocycles. The van der Waals surface area contributed by atoms with Gasteiger partial charge in [0.1, 0.15) is 5.82 Å². The highest BCUT2D eigenvalue weighted by Crippen LogP contribution is 2.23. The second kappa shape index (κ2) is 8.41. The molecule has 0 amide bonds. The molecule has 1 saturated heterocycles. The summed E-state index contributed by atoms with van der Waals surface area (Å²) in [6.45, 7) is 8.87. The predicted octanol–water partition coefficient (Wildman–Crippen LogP) is 2.37. The Kier molecular flexibility index (Phi) is 6.54. The van der Waals surface area contributed by atoms with E-state index in [1.807, 2.05) is 0 Å². The van der Waals surface area contributed by atoms with Crippen molar-refractivity contribution in [3.8, 4) is 0 Å². The van der Waals surface area contributed by atoms with E-state index in [1.165, 1.54) is 6.20 Å². The maximum Gasteiger partial charge on any atom is 0.141 e. The molecule has 1 aromatic rings. The van der Waals surface area contributed by atoms with Crippen LogP contribution in [0.3, 0.4) is 0 Å². The highest BCUT2D eigenvalue weighted by molar-refractivity contribution is 5.17. The van der Waals surface area contributed by atoms with Crippen LogP contribution in [0.4, 0.5) is 4.39 Å². The molecule has 21 heavy (non-hydrogen) atoms. The van der Waals surface area contributed by atoms with Crippen molar-refractivity contribution in [3.63, 3.8) is 0 Å². The van der Waals surface area contributed by atoms with E-state index in [1.54, 1.807) is 12.3 Å². The Morgan fingerprint density at radius 1 is 1.43 bits per heavy atom. The Morgan fingerprint density at radius 2 is 2.29 bits per heavy atom. The standard InChI is InChI=1S/C16H26FN3O/c1-3-5-19-16(13-9-14(17)11-18-10-13)15-12-20(6-4-2)7-8-21-15/h9-11,15-16,19H,3-8,12H2,1-2H3. The third-order valence-electron chi connectivity index (χ3n) is 3.79. The van der Waals surface area contributed by atoms with Crippen LogP contribution < -0.4 is 5.32 Å². The molecule has 2 heterocycles. The number of rotatable bonds is 7. The molecule has 2 rings (SSSR count). The van der Waals surface area contributed by atoms with Crippen LogP contribution in [0.25, 0.3) is 0 Å². The third kappa shape index (κ3) is 4.73. The van der Waals surface area contributed by atoms with Gasteiger partial charge >= 0.3 is 0 Å². The maximum atomic E-state index is 13.5. The number of hydrogen-bond donors (Lipinski definition) is 1. The first-order valence-corrected chi connectivity index (χ1v) is 7.92. The van der Waals surface area contributed by atoms with Crippen molar-refractivity contribution in [1.29, 1.82) is 0 Å². The van der Waals surface area contributed by atoms with Crippen LogP contribution in [0.15, 0.2) is 18.5 Å². The maximum absolute atomic E-state index is 13.5. The fourth-order valence-electron chi connectivity index (χ4n) is 2.81. The van der Waals surface area contributed by atoms with E-state index in [0.717, 1.165) is 51.2 Å². The van der Waals surface area contributed by atoms with Gasteiger partial charge in [-0.1, -0.05) is 13.8 Å². The molecular formula is C16H26FN3O. The molecule has 2 atom stereocenters. The van der Waals surface area contributed by atoms with Crippen molar-refractivity contribution in [3.05, 3.63) is 29.8 Å². The van der Waals surface area contributed by atoms with E-state index < -0.39 is 0 Å². The molecular weight excluding hydrogens is 269 g/mol. The van der Waals surface area contributed by atoms with E-state index in [0.29, 0.717) is 0 Å². The number of pyridine rings is 1. The van der Waals surface area contributed by atoms with Gasteiger partial charge in [-0.2, -0.15) is 0 Å². The number of morpholine rings is 1. The van der Waals surface area contributed by atoms with Crippen molar-refractivity contribution >= 4 is 0 Å². The molecule has 0 radical (unpaired) electrons. The van der Waals surface area contributed by atoms with Gasteiger partial charge in [-0.05, 0) is 37.6 Å². The number of ether oxygens (including phenoxy) is 1. The summed E-state index contributed by atoms with van der Waals surface area (Å²) in [5, 5.41) is 3.49. The molecule has 1 aromatic heterocycles. The van der Waals surface area contributed by atoms with Gasteiger partial charge in [-0.15, -0.1) is 0 Å². The molecule has 1 aliphatic rings. The molecule has 0 bridgehead atoms. The fraction of sp³-hybridized carbons (Fsp3) is 0.688. The van der Waals surface area contributed by atoms with Crippen LogP contribution >= 0.6 is 0 Å². The van der Waals surface area contributed by atoms with Gasteiger partial charge in [0.2, 0.25) is 0 Å². The van der Waals surface area contributed by atoms with Crippen molar-refractivity contribution in [1.82, 2.24) is 15.2 Å². The molecule has 1 fully saturated rings. The number of nitrogens with one attached hydrogen (secondary N) is 1. The molecule has 0 aliphatic carbocycles. The molecule has 2 unspecified atom stereocenters. The van der Waals surface area contributed by atoms with Crippen LogP contribution in [0.1, 0.15) is 38.3 Å². The van der Waals surface area contributed by atoms with E-state index in [2.05, 4.69) is 29.0 Å². The van der Waals surface area contributed by atoms with Crippen LogP contribution in [0.2, 0.25) is 0 Å². The monoisotopic (exact) mass is 295 g/mol. The summed E-state index contributed by atoms with van der Waals surface area (Å²) in [7, 11) is 0. The second-order valence-electron chi connectivity index (χ2n) is 5.58. The summed E-state index contributed by atoms with van der Waals surface area (Å²) in [6.07, 6.45) is 5.19. The lowest BCUT2D eigenvalue weighted by atomic mass is 10.0. The van der Waals surface area contributed by atoms with Gasteiger partial charge < -0.3 is 10.1 Å². The first-order chi connectivity index (χ1) is 10.2. The number of halogens is 1. The van der Waals surface area contributed by atoms with E-state index in [9.17, 15) is 4.39 Å². The van der Waals surface area contributed by atoms with Gasteiger partial charge in [0, 0.05) is 19.3 Å². The number of hydrogen-bond acceptors (Lipinski definition) is 4. The number of aromatic nitrogens is 1. The largest absolute Gasteiger partial charge is 0.374 e. The fourth-order valence-corrected chi connectivity index (χ4v) is 2.81. The van der Waals surface area contributed by atoms with Crippen molar-refractivity contribution in [2.24, 2.45) is 0 Å². The van der Waals surface area contributed by atoms with Gasteiger partial charge in [-0.25, -0.2) is 4.39 Å². The highest BCUT2D eigenvalue weighted by atomic mass is 19.1. The molecule has 4 nitrogen and oxygen atoms in total. The summed E-state index contributed by atoms with van der Waals surface area (Å²) in [5.41, 5.74) is 0.867. The van der Waals surface area contributed by atoms with Gasteiger partial charge in [0.05, 0.1) is 24.9 Å². The second-order valence-corrected chi connectivity index (χ2v) is 5.58. The molecule has 0 aromatic carbocycles. The van der Waals surface area contributed by atoms with E-state index >= 15 is 0 Å².